The summed E-state index contributed by atoms with van der Waals surface area (Å²) in [4.78, 5) is 11.8. The van der Waals surface area contributed by atoms with Crippen molar-refractivity contribution in [3.05, 3.63) is 35.6 Å². The lowest BCUT2D eigenvalue weighted by Crippen LogP contribution is -2.07. The van der Waals surface area contributed by atoms with Crippen molar-refractivity contribution in [1.82, 2.24) is 5.16 Å². The molecule has 0 amide bonds. The van der Waals surface area contributed by atoms with Crippen LogP contribution in [-0.2, 0) is 4.74 Å². The Kier molecular flexibility index (Phi) is 3.51. The SMILES string of the molecule is [B]c1ccc(-c2noc(C)c2C(=O)OCC)cc1. The van der Waals surface area contributed by atoms with Crippen molar-refractivity contribution in [1.29, 1.82) is 0 Å². The van der Waals surface area contributed by atoms with Crippen LogP contribution in [0.2, 0.25) is 0 Å². The van der Waals surface area contributed by atoms with Gasteiger partial charge in [-0.05, 0) is 13.8 Å². The molecule has 90 valence electrons. The fraction of sp³-hybridized carbons (Fsp3) is 0.231. The van der Waals surface area contributed by atoms with Crippen LogP contribution >= 0.6 is 0 Å². The van der Waals surface area contributed by atoms with Crippen LogP contribution in [-0.4, -0.2) is 25.6 Å². The van der Waals surface area contributed by atoms with Crippen LogP contribution in [0.4, 0.5) is 0 Å². The number of carbonyl (C=O) groups excluding carboxylic acids is 1. The predicted molar refractivity (Wildman–Crippen MR) is 68.0 cm³/mol. The van der Waals surface area contributed by atoms with Crippen molar-refractivity contribution in [3.8, 4) is 11.3 Å². The summed E-state index contributed by atoms with van der Waals surface area (Å²) in [5, 5.41) is 3.90. The monoisotopic (exact) mass is 241 g/mol. The third-order valence-electron chi connectivity index (χ3n) is 2.53. The van der Waals surface area contributed by atoms with Crippen molar-refractivity contribution in [2.45, 2.75) is 13.8 Å². The normalized spacial score (nSPS) is 10.3. The van der Waals surface area contributed by atoms with E-state index in [1.54, 1.807) is 38.1 Å². The third-order valence-corrected chi connectivity index (χ3v) is 2.53. The molecule has 0 bridgehead atoms. The summed E-state index contributed by atoms with van der Waals surface area (Å²) >= 11 is 0. The first-order valence-corrected chi connectivity index (χ1v) is 5.62. The van der Waals surface area contributed by atoms with Gasteiger partial charge in [0.1, 0.15) is 24.9 Å². The predicted octanol–water partition coefficient (Wildman–Crippen LogP) is 1.62. The second-order valence-corrected chi connectivity index (χ2v) is 3.80. The van der Waals surface area contributed by atoms with Gasteiger partial charge in [-0.25, -0.2) is 4.79 Å². The summed E-state index contributed by atoms with van der Waals surface area (Å²) < 4.78 is 10.1. The molecule has 1 aromatic heterocycles. The Morgan fingerprint density at radius 1 is 1.39 bits per heavy atom. The molecule has 0 fully saturated rings. The molecule has 18 heavy (non-hydrogen) atoms. The fourth-order valence-electron chi connectivity index (χ4n) is 1.65. The molecule has 0 aliphatic rings. The molecule has 0 atom stereocenters. The smallest absolute Gasteiger partial charge is 0.344 e. The summed E-state index contributed by atoms with van der Waals surface area (Å²) in [7, 11) is 5.62. The number of hydrogen-bond donors (Lipinski definition) is 0. The number of aryl methyl sites for hydroxylation is 1. The van der Waals surface area contributed by atoms with Gasteiger partial charge in [0.2, 0.25) is 0 Å². The lowest BCUT2D eigenvalue weighted by Gasteiger charge is -2.03. The topological polar surface area (TPSA) is 52.3 Å². The summed E-state index contributed by atoms with van der Waals surface area (Å²) in [5.74, 6) is 0.0170. The first-order chi connectivity index (χ1) is 8.63. The van der Waals surface area contributed by atoms with E-state index in [0.717, 1.165) is 5.56 Å². The Labute approximate surface area is 106 Å². The summed E-state index contributed by atoms with van der Waals surface area (Å²) in [6.45, 7) is 3.74. The number of aromatic nitrogens is 1. The number of carbonyl (C=O) groups is 1. The van der Waals surface area contributed by atoms with E-state index in [1.807, 2.05) is 0 Å². The second kappa shape index (κ2) is 5.08. The zero-order chi connectivity index (χ0) is 13.1. The van der Waals surface area contributed by atoms with E-state index >= 15 is 0 Å². The van der Waals surface area contributed by atoms with Gasteiger partial charge >= 0.3 is 5.97 Å². The van der Waals surface area contributed by atoms with E-state index in [4.69, 9.17) is 17.1 Å². The minimum absolute atomic E-state index is 0.310. The van der Waals surface area contributed by atoms with Gasteiger partial charge in [-0.15, -0.1) is 0 Å². The minimum atomic E-state index is -0.428. The van der Waals surface area contributed by atoms with E-state index in [1.165, 1.54) is 0 Å². The van der Waals surface area contributed by atoms with Crippen LogP contribution in [0.5, 0.6) is 0 Å². The van der Waals surface area contributed by atoms with Crippen molar-refractivity contribution >= 4 is 19.3 Å². The van der Waals surface area contributed by atoms with Gasteiger partial charge in [0.25, 0.3) is 0 Å². The quantitative estimate of drug-likeness (QED) is 0.605. The zero-order valence-corrected chi connectivity index (χ0v) is 10.3. The molecule has 0 unspecified atom stereocenters. The number of benzene rings is 1. The molecule has 0 spiro atoms. The average Bonchev–Trinajstić information content (AvgIpc) is 2.72. The molecule has 0 aliphatic carbocycles. The first-order valence-electron chi connectivity index (χ1n) is 5.62. The Hall–Kier alpha value is -2.04. The van der Waals surface area contributed by atoms with Gasteiger partial charge in [-0.1, -0.05) is 34.9 Å². The molecular formula is C13H12BNO3. The van der Waals surface area contributed by atoms with Gasteiger partial charge in [-0.3, -0.25) is 0 Å². The van der Waals surface area contributed by atoms with Crippen LogP contribution in [0.25, 0.3) is 11.3 Å². The maximum Gasteiger partial charge on any atom is 0.344 e. The highest BCUT2D eigenvalue weighted by atomic mass is 16.5. The number of hydrogen-bond acceptors (Lipinski definition) is 4. The standard InChI is InChI=1S/C13H12BNO3/c1-3-17-13(16)11-8(2)18-15-12(11)9-4-6-10(14)7-5-9/h4-7H,3H2,1-2H3. The van der Waals surface area contributed by atoms with Crippen molar-refractivity contribution < 1.29 is 14.1 Å². The Morgan fingerprint density at radius 2 is 2.06 bits per heavy atom. The molecule has 0 saturated carbocycles. The lowest BCUT2D eigenvalue weighted by atomic mass is 9.94. The van der Waals surface area contributed by atoms with E-state index in [9.17, 15) is 4.79 Å². The Balaban J connectivity index is 2.45. The Morgan fingerprint density at radius 3 is 2.67 bits per heavy atom. The van der Waals surface area contributed by atoms with Gasteiger partial charge in [0.15, 0.2) is 0 Å². The van der Waals surface area contributed by atoms with E-state index < -0.39 is 5.97 Å². The maximum atomic E-state index is 11.8. The van der Waals surface area contributed by atoms with Crippen molar-refractivity contribution in [3.63, 3.8) is 0 Å². The van der Waals surface area contributed by atoms with Gasteiger partial charge in [0.05, 0.1) is 6.61 Å². The first kappa shape index (κ1) is 12.4. The van der Waals surface area contributed by atoms with Gasteiger partial charge in [-0.2, -0.15) is 0 Å². The van der Waals surface area contributed by atoms with Crippen LogP contribution in [0.1, 0.15) is 23.0 Å². The highest BCUT2D eigenvalue weighted by Crippen LogP contribution is 2.25. The molecule has 0 N–H and O–H groups in total. The fourth-order valence-corrected chi connectivity index (χ4v) is 1.65. The Bertz CT molecular complexity index is 560. The number of rotatable bonds is 3. The van der Waals surface area contributed by atoms with E-state index in [-0.39, 0.29) is 0 Å². The average molecular weight is 241 g/mol. The van der Waals surface area contributed by atoms with Crippen LogP contribution < -0.4 is 5.46 Å². The molecule has 2 radical (unpaired) electrons. The summed E-state index contributed by atoms with van der Waals surface area (Å²) in [6, 6.07) is 7.06. The summed E-state index contributed by atoms with van der Waals surface area (Å²) in [6.07, 6.45) is 0. The second-order valence-electron chi connectivity index (χ2n) is 3.80. The third kappa shape index (κ3) is 2.30. The molecule has 2 rings (SSSR count). The number of esters is 1. The molecule has 1 aromatic carbocycles. The molecule has 4 nitrogen and oxygen atoms in total. The highest BCUT2D eigenvalue weighted by Gasteiger charge is 2.22. The minimum Gasteiger partial charge on any atom is -0.462 e. The number of ether oxygens (including phenoxy) is 1. The van der Waals surface area contributed by atoms with Crippen LogP contribution in [0.15, 0.2) is 28.8 Å². The molecule has 0 saturated heterocycles. The van der Waals surface area contributed by atoms with Crippen molar-refractivity contribution in [2.24, 2.45) is 0 Å². The molecule has 5 heteroatoms. The molecular weight excluding hydrogens is 229 g/mol. The zero-order valence-electron chi connectivity index (χ0n) is 10.3. The number of nitrogens with zero attached hydrogens (tertiary/aromatic N) is 1. The van der Waals surface area contributed by atoms with E-state index in [2.05, 4.69) is 5.16 Å². The van der Waals surface area contributed by atoms with Crippen LogP contribution in [0, 0.1) is 6.92 Å². The molecule has 1 heterocycles. The van der Waals surface area contributed by atoms with Crippen LogP contribution in [0.3, 0.4) is 0 Å². The van der Waals surface area contributed by atoms with E-state index in [0.29, 0.717) is 29.1 Å². The highest BCUT2D eigenvalue weighted by molar-refractivity contribution is 6.32. The van der Waals surface area contributed by atoms with Gasteiger partial charge in [0, 0.05) is 5.56 Å². The maximum absolute atomic E-state index is 11.8. The molecule has 0 aliphatic heterocycles. The van der Waals surface area contributed by atoms with Crippen molar-refractivity contribution in [2.75, 3.05) is 6.61 Å². The van der Waals surface area contributed by atoms with Gasteiger partial charge < -0.3 is 9.26 Å². The lowest BCUT2D eigenvalue weighted by molar-refractivity contribution is 0.0525. The molecule has 2 aromatic rings. The largest absolute Gasteiger partial charge is 0.462 e. The summed E-state index contributed by atoms with van der Waals surface area (Å²) in [5.41, 5.74) is 2.26.